The number of Topliss-reactive ketones (excluding diaryl/α,β-unsaturated/α-hetero) is 1. The molecule has 0 radical (unpaired) electrons. The first kappa shape index (κ1) is 23.3. The number of carbonyl (C=O) groups is 1. The molecule has 0 saturated carbocycles. The third-order valence-corrected chi connectivity index (χ3v) is 7.19. The molecular formula is C24H24N4O5S. The van der Waals surface area contributed by atoms with Crippen molar-refractivity contribution in [3.63, 3.8) is 0 Å². The van der Waals surface area contributed by atoms with Crippen molar-refractivity contribution < 1.29 is 19.2 Å². The summed E-state index contributed by atoms with van der Waals surface area (Å²) in [7, 11) is 3.07. The highest BCUT2D eigenvalue weighted by Gasteiger charge is 2.45. The zero-order valence-corrected chi connectivity index (χ0v) is 20.1. The van der Waals surface area contributed by atoms with E-state index in [2.05, 4.69) is 6.07 Å². The fraction of sp³-hybridized carbons (Fsp3) is 0.333. The Kier molecular flexibility index (Phi) is 5.83. The third kappa shape index (κ3) is 3.78. The largest absolute Gasteiger partial charge is 0.497 e. The summed E-state index contributed by atoms with van der Waals surface area (Å²) in [4.78, 5) is 26.6. The number of nitrogens with zero attached hydrogens (tertiary/aromatic N) is 3. The number of methoxy groups -OCH3 is 2. The van der Waals surface area contributed by atoms with Crippen molar-refractivity contribution in [1.82, 2.24) is 0 Å². The van der Waals surface area contributed by atoms with Crippen molar-refractivity contribution in [2.45, 2.75) is 32.6 Å². The Hall–Kier alpha value is -3.84. The van der Waals surface area contributed by atoms with Gasteiger partial charge >= 0.3 is 5.00 Å². The van der Waals surface area contributed by atoms with Crippen molar-refractivity contribution in [2.75, 3.05) is 19.1 Å². The van der Waals surface area contributed by atoms with Gasteiger partial charge in [-0.25, -0.2) is 0 Å². The van der Waals surface area contributed by atoms with Crippen LogP contribution in [0, 0.1) is 26.9 Å². The summed E-state index contributed by atoms with van der Waals surface area (Å²) in [5, 5.41) is 21.4. The molecule has 2 heterocycles. The van der Waals surface area contributed by atoms with Crippen LogP contribution < -0.4 is 20.1 Å². The Morgan fingerprint density at radius 1 is 1.24 bits per heavy atom. The van der Waals surface area contributed by atoms with Gasteiger partial charge in [0.1, 0.15) is 17.3 Å². The SMILES string of the molecule is COc1ccc(N2C(N)=C(C#N)[C@H](c3ccc([N+](=O)[O-])s3)C3=C2CC(C)(C)CC3=O)c(OC)c1. The normalized spacial score (nSPS) is 19.6. The van der Waals surface area contributed by atoms with E-state index in [4.69, 9.17) is 15.2 Å². The molecule has 0 unspecified atom stereocenters. The van der Waals surface area contributed by atoms with Crippen molar-refractivity contribution >= 4 is 27.8 Å². The molecule has 2 aliphatic rings. The fourth-order valence-electron chi connectivity index (χ4n) is 4.63. The number of carbonyl (C=O) groups excluding carboxylic acids is 1. The zero-order chi connectivity index (χ0) is 24.8. The summed E-state index contributed by atoms with van der Waals surface area (Å²) < 4.78 is 10.9. The number of allylic oxidation sites excluding steroid dienone is 3. The van der Waals surface area contributed by atoms with Gasteiger partial charge in [-0.15, -0.1) is 0 Å². The summed E-state index contributed by atoms with van der Waals surface area (Å²) in [6, 6.07) is 10.4. The Labute approximate surface area is 200 Å². The molecule has 0 fully saturated rings. The van der Waals surface area contributed by atoms with E-state index in [0.29, 0.717) is 46.2 Å². The van der Waals surface area contributed by atoms with Gasteiger partial charge in [0, 0.05) is 34.7 Å². The highest BCUT2D eigenvalue weighted by atomic mass is 32.1. The van der Waals surface area contributed by atoms with Gasteiger partial charge in [0.2, 0.25) is 0 Å². The Balaban J connectivity index is 2.00. The number of anilines is 1. The van der Waals surface area contributed by atoms with Gasteiger partial charge in [0.05, 0.1) is 42.4 Å². The number of nitro groups is 1. The number of hydrogen-bond donors (Lipinski definition) is 1. The first-order valence-electron chi connectivity index (χ1n) is 10.5. The van der Waals surface area contributed by atoms with Crippen LogP contribution in [0.1, 0.15) is 37.5 Å². The van der Waals surface area contributed by atoms with Crippen molar-refractivity contribution in [2.24, 2.45) is 11.1 Å². The van der Waals surface area contributed by atoms with E-state index < -0.39 is 10.8 Å². The molecule has 0 saturated heterocycles. The number of thiophene rings is 1. The quantitative estimate of drug-likeness (QED) is 0.484. The molecule has 4 rings (SSSR count). The van der Waals surface area contributed by atoms with Crippen LogP contribution in [0.25, 0.3) is 0 Å². The molecule has 2 aromatic rings. The monoisotopic (exact) mass is 480 g/mol. The zero-order valence-electron chi connectivity index (χ0n) is 19.2. The maximum absolute atomic E-state index is 13.5. The summed E-state index contributed by atoms with van der Waals surface area (Å²) >= 11 is 0.950. The molecule has 0 spiro atoms. The molecule has 9 nitrogen and oxygen atoms in total. The third-order valence-electron chi connectivity index (χ3n) is 6.09. The smallest absolute Gasteiger partial charge is 0.324 e. The van der Waals surface area contributed by atoms with Crippen LogP contribution in [-0.2, 0) is 4.79 Å². The minimum Gasteiger partial charge on any atom is -0.497 e. The molecule has 1 aliphatic heterocycles. The number of benzene rings is 1. The first-order chi connectivity index (χ1) is 16.1. The maximum atomic E-state index is 13.5. The van der Waals surface area contributed by atoms with Crippen LogP contribution in [0.5, 0.6) is 11.5 Å². The average molecular weight is 481 g/mol. The molecule has 2 N–H and O–H groups in total. The summed E-state index contributed by atoms with van der Waals surface area (Å²) in [6.07, 6.45) is 0.814. The van der Waals surface area contributed by atoms with E-state index in [9.17, 15) is 20.2 Å². The molecule has 1 atom stereocenters. The number of ketones is 1. The number of ether oxygens (including phenoxy) is 2. The molecule has 176 valence electrons. The molecular weight excluding hydrogens is 456 g/mol. The summed E-state index contributed by atoms with van der Waals surface area (Å²) in [6.45, 7) is 4.01. The Morgan fingerprint density at radius 3 is 2.56 bits per heavy atom. The molecule has 0 amide bonds. The molecule has 1 aliphatic carbocycles. The van der Waals surface area contributed by atoms with Crippen molar-refractivity contribution in [1.29, 1.82) is 5.26 Å². The lowest BCUT2D eigenvalue weighted by molar-refractivity contribution is -0.380. The van der Waals surface area contributed by atoms with Crippen molar-refractivity contribution in [3.05, 3.63) is 68.0 Å². The van der Waals surface area contributed by atoms with Gasteiger partial charge in [0.25, 0.3) is 0 Å². The van der Waals surface area contributed by atoms with Crippen LogP contribution in [0.3, 0.4) is 0 Å². The molecule has 10 heteroatoms. The molecule has 1 aromatic carbocycles. The van der Waals surface area contributed by atoms with Gasteiger partial charge in [-0.3, -0.25) is 19.8 Å². The molecule has 0 bridgehead atoms. The van der Waals surface area contributed by atoms with E-state index in [-0.39, 0.29) is 27.6 Å². The highest BCUT2D eigenvalue weighted by molar-refractivity contribution is 7.15. The van der Waals surface area contributed by atoms with E-state index in [0.717, 1.165) is 11.3 Å². The summed E-state index contributed by atoms with van der Waals surface area (Å²) in [5.41, 5.74) is 8.13. The number of rotatable bonds is 5. The number of nitriles is 1. The fourth-order valence-corrected chi connectivity index (χ4v) is 5.58. The molecule has 1 aromatic heterocycles. The maximum Gasteiger partial charge on any atom is 0.324 e. The second-order valence-electron chi connectivity index (χ2n) is 8.95. The van der Waals surface area contributed by atoms with Crippen LogP contribution in [0.4, 0.5) is 10.7 Å². The highest BCUT2D eigenvalue weighted by Crippen LogP contribution is 2.52. The van der Waals surface area contributed by atoms with E-state index in [1.807, 2.05) is 13.8 Å². The second kappa shape index (κ2) is 8.50. The Bertz CT molecular complexity index is 1300. The number of hydrogen-bond acceptors (Lipinski definition) is 9. The first-order valence-corrected chi connectivity index (χ1v) is 11.4. The lowest BCUT2D eigenvalue weighted by atomic mass is 9.69. The van der Waals surface area contributed by atoms with Gasteiger partial charge in [-0.2, -0.15) is 5.26 Å². The lowest BCUT2D eigenvalue weighted by Gasteiger charge is -2.43. The van der Waals surface area contributed by atoms with Crippen LogP contribution in [0.2, 0.25) is 0 Å². The van der Waals surface area contributed by atoms with Crippen LogP contribution in [-0.4, -0.2) is 24.9 Å². The Morgan fingerprint density at radius 2 is 1.97 bits per heavy atom. The lowest BCUT2D eigenvalue weighted by Crippen LogP contribution is -2.42. The van der Waals surface area contributed by atoms with Crippen LogP contribution in [0.15, 0.2) is 53.0 Å². The average Bonchev–Trinajstić information content (AvgIpc) is 3.27. The minimum absolute atomic E-state index is 0.0594. The van der Waals surface area contributed by atoms with Gasteiger partial charge in [-0.05, 0) is 30.0 Å². The predicted octanol–water partition coefficient (Wildman–Crippen LogP) is 4.61. The summed E-state index contributed by atoms with van der Waals surface area (Å²) in [5.74, 6) is 0.343. The topological polar surface area (TPSA) is 132 Å². The van der Waals surface area contributed by atoms with E-state index in [1.165, 1.54) is 13.2 Å². The van der Waals surface area contributed by atoms with Crippen molar-refractivity contribution in [3.8, 4) is 17.6 Å². The number of nitrogens with two attached hydrogens (primary N) is 1. The van der Waals surface area contributed by atoms with E-state index in [1.54, 1.807) is 36.3 Å². The van der Waals surface area contributed by atoms with Gasteiger partial charge in [-0.1, -0.05) is 25.2 Å². The van der Waals surface area contributed by atoms with Gasteiger partial charge in [0.15, 0.2) is 5.78 Å². The minimum atomic E-state index is -0.761. The van der Waals surface area contributed by atoms with E-state index >= 15 is 0 Å². The predicted molar refractivity (Wildman–Crippen MR) is 128 cm³/mol. The van der Waals surface area contributed by atoms with Crippen LogP contribution >= 0.6 is 11.3 Å². The second-order valence-corrected chi connectivity index (χ2v) is 10.0. The molecule has 34 heavy (non-hydrogen) atoms. The standard InChI is InChI=1S/C24H24N4O5S/c1-24(2)10-16-22(17(29)11-24)21(19-7-8-20(34-19)28(30)31)14(12-25)23(26)27(16)15-6-5-13(32-3)9-18(15)33-4/h5-9,21H,10-11,26H2,1-4H3/t21-/m1/s1. The van der Waals surface area contributed by atoms with Gasteiger partial charge < -0.3 is 15.2 Å².